The average Bonchev–Trinajstić information content (AvgIpc) is 2.70. The number of Topliss-reactive ketones (excluding diaryl/α,β-unsaturated/α-hetero) is 1. The Kier molecular flexibility index (Phi) is 4.93. The van der Waals surface area contributed by atoms with Gasteiger partial charge in [-0.3, -0.25) is 4.79 Å². The summed E-state index contributed by atoms with van der Waals surface area (Å²) in [6.07, 6.45) is 0.847. The lowest BCUT2D eigenvalue weighted by atomic mass is 9.68. The van der Waals surface area contributed by atoms with Crippen LogP contribution in [0.1, 0.15) is 77.7 Å². The second-order valence-corrected chi connectivity index (χ2v) is 10.7. The summed E-state index contributed by atoms with van der Waals surface area (Å²) < 4.78 is 0. The molecule has 2 aliphatic rings. The summed E-state index contributed by atoms with van der Waals surface area (Å²) >= 11 is 0. The van der Waals surface area contributed by atoms with Crippen LogP contribution >= 0.6 is 0 Å². The highest BCUT2D eigenvalue weighted by Gasteiger charge is 2.38. The Labute approximate surface area is 196 Å². The molecule has 0 aliphatic heterocycles. The molecule has 5 rings (SSSR count). The van der Waals surface area contributed by atoms with Gasteiger partial charge < -0.3 is 10.2 Å². The first-order valence-electron chi connectivity index (χ1n) is 12.0. The van der Waals surface area contributed by atoms with Crippen LogP contribution in [0.25, 0.3) is 22.3 Å². The molecule has 2 aliphatic carbocycles. The fourth-order valence-electron chi connectivity index (χ4n) is 6.08. The van der Waals surface area contributed by atoms with E-state index in [0.717, 1.165) is 56.5 Å². The van der Waals surface area contributed by atoms with Crippen molar-refractivity contribution >= 4 is 5.78 Å². The molecule has 3 aromatic carbocycles. The Hall–Kier alpha value is -3.07. The number of carbonyl (C=O) groups excluding carboxylic acids is 1. The van der Waals surface area contributed by atoms with Crippen molar-refractivity contribution in [3.63, 3.8) is 0 Å². The molecule has 0 amide bonds. The molecule has 3 aromatic rings. The first kappa shape index (κ1) is 21.8. The van der Waals surface area contributed by atoms with E-state index in [-0.39, 0.29) is 35.0 Å². The summed E-state index contributed by atoms with van der Waals surface area (Å²) in [6.45, 7) is 12.5. The van der Waals surface area contributed by atoms with E-state index in [1.807, 2.05) is 26.0 Å². The van der Waals surface area contributed by atoms with Crippen LogP contribution < -0.4 is 0 Å². The molecule has 0 unspecified atom stereocenters. The Morgan fingerprint density at radius 2 is 1.30 bits per heavy atom. The molecule has 0 saturated carbocycles. The van der Waals surface area contributed by atoms with Gasteiger partial charge in [-0.2, -0.15) is 0 Å². The predicted octanol–water partition coefficient (Wildman–Crippen LogP) is 7.28. The quantitative estimate of drug-likeness (QED) is 0.440. The average molecular weight is 441 g/mol. The highest BCUT2D eigenvalue weighted by molar-refractivity contribution is 6.12. The normalized spacial score (nSPS) is 18.7. The van der Waals surface area contributed by atoms with Crippen molar-refractivity contribution in [2.45, 2.75) is 59.8 Å². The standard InChI is InChI=1S/C30H32O3/c1-14(2)19-11-18-12-22-23(13-20(18)28-21(19)7-16(5)9-25(28)31)30(33)27(15(3)4)24-8-17(6)10-26(32)29(22)24/h7-10,12-15,19,27,31-32H,11H2,1-6H3/t19-,27-/m0/s1. The molecule has 33 heavy (non-hydrogen) atoms. The lowest BCUT2D eigenvalue weighted by Gasteiger charge is -2.35. The molecule has 3 heteroatoms. The molecule has 0 fully saturated rings. The number of aromatic hydroxyl groups is 2. The van der Waals surface area contributed by atoms with Gasteiger partial charge in [0.15, 0.2) is 5.78 Å². The van der Waals surface area contributed by atoms with E-state index in [0.29, 0.717) is 11.5 Å². The summed E-state index contributed by atoms with van der Waals surface area (Å²) in [6, 6.07) is 11.9. The van der Waals surface area contributed by atoms with Crippen molar-refractivity contribution in [1.82, 2.24) is 0 Å². The van der Waals surface area contributed by atoms with Crippen molar-refractivity contribution in [3.05, 3.63) is 69.8 Å². The number of rotatable bonds is 2. The fraction of sp³-hybridized carbons (Fsp3) is 0.367. The summed E-state index contributed by atoms with van der Waals surface area (Å²) in [5.74, 6) is 1.11. The van der Waals surface area contributed by atoms with E-state index in [2.05, 4.69) is 45.9 Å². The molecule has 2 atom stereocenters. The molecule has 0 spiro atoms. The van der Waals surface area contributed by atoms with Crippen LogP contribution in [-0.4, -0.2) is 16.0 Å². The Bertz CT molecular complexity index is 1310. The maximum absolute atomic E-state index is 13.8. The van der Waals surface area contributed by atoms with E-state index < -0.39 is 0 Å². The molecule has 3 nitrogen and oxygen atoms in total. The van der Waals surface area contributed by atoms with Crippen LogP contribution in [0.2, 0.25) is 0 Å². The Balaban J connectivity index is 1.83. The van der Waals surface area contributed by atoms with Gasteiger partial charge in [-0.15, -0.1) is 0 Å². The molecule has 2 N–H and O–H groups in total. The van der Waals surface area contributed by atoms with E-state index >= 15 is 0 Å². The summed E-state index contributed by atoms with van der Waals surface area (Å²) in [5.41, 5.74) is 9.28. The zero-order valence-electron chi connectivity index (χ0n) is 20.3. The SMILES string of the molecule is Cc1cc(O)c2c(c1)[C@H](C(C)C)Cc1cc3c(cc1-2)C(=O)[C@@H](C(C)C)c1cc(C)cc(O)c1-3. The number of carbonyl (C=O) groups is 1. The second-order valence-electron chi connectivity index (χ2n) is 10.7. The summed E-state index contributed by atoms with van der Waals surface area (Å²) in [7, 11) is 0. The fourth-order valence-corrected chi connectivity index (χ4v) is 6.08. The number of hydrogen-bond acceptors (Lipinski definition) is 3. The minimum Gasteiger partial charge on any atom is -0.507 e. The van der Waals surface area contributed by atoms with Crippen LogP contribution in [0.4, 0.5) is 0 Å². The number of phenolic OH excluding ortho intramolecular Hbond substituents is 2. The van der Waals surface area contributed by atoms with Gasteiger partial charge in [-0.05, 0) is 101 Å². The molecule has 0 bridgehead atoms. The van der Waals surface area contributed by atoms with Crippen LogP contribution in [0, 0.1) is 25.7 Å². The number of hydrogen-bond donors (Lipinski definition) is 2. The Morgan fingerprint density at radius 3 is 1.88 bits per heavy atom. The predicted molar refractivity (Wildman–Crippen MR) is 133 cm³/mol. The molecular formula is C30H32O3. The number of phenols is 2. The molecular weight excluding hydrogens is 408 g/mol. The second kappa shape index (κ2) is 7.48. The van der Waals surface area contributed by atoms with Crippen LogP contribution in [-0.2, 0) is 6.42 Å². The van der Waals surface area contributed by atoms with Crippen molar-refractivity contribution in [2.24, 2.45) is 11.8 Å². The van der Waals surface area contributed by atoms with E-state index in [1.165, 1.54) is 0 Å². The number of ketones is 1. The topological polar surface area (TPSA) is 57.5 Å². The molecule has 0 radical (unpaired) electrons. The zero-order chi connectivity index (χ0) is 23.8. The van der Waals surface area contributed by atoms with Gasteiger partial charge in [-0.25, -0.2) is 0 Å². The van der Waals surface area contributed by atoms with E-state index in [4.69, 9.17) is 0 Å². The van der Waals surface area contributed by atoms with Gasteiger partial charge in [0.05, 0.1) is 5.92 Å². The van der Waals surface area contributed by atoms with Gasteiger partial charge in [-0.1, -0.05) is 39.8 Å². The van der Waals surface area contributed by atoms with Crippen LogP contribution in [0.3, 0.4) is 0 Å². The maximum Gasteiger partial charge on any atom is 0.171 e. The maximum atomic E-state index is 13.8. The van der Waals surface area contributed by atoms with Gasteiger partial charge >= 0.3 is 0 Å². The number of benzene rings is 3. The van der Waals surface area contributed by atoms with Crippen molar-refractivity contribution in [2.75, 3.05) is 0 Å². The zero-order valence-corrected chi connectivity index (χ0v) is 20.3. The minimum absolute atomic E-state index is 0.0967. The molecule has 170 valence electrons. The minimum atomic E-state index is -0.297. The van der Waals surface area contributed by atoms with E-state index in [1.54, 1.807) is 6.07 Å². The number of fused-ring (bicyclic) bond motifs is 6. The third-order valence-electron chi connectivity index (χ3n) is 7.56. The molecule has 0 aromatic heterocycles. The van der Waals surface area contributed by atoms with Gasteiger partial charge in [0.25, 0.3) is 0 Å². The summed E-state index contributed by atoms with van der Waals surface area (Å²) in [4.78, 5) is 13.8. The third kappa shape index (κ3) is 3.20. The van der Waals surface area contributed by atoms with Crippen LogP contribution in [0.15, 0.2) is 36.4 Å². The highest BCUT2D eigenvalue weighted by atomic mass is 16.3. The van der Waals surface area contributed by atoms with Crippen molar-refractivity contribution in [1.29, 1.82) is 0 Å². The first-order valence-corrected chi connectivity index (χ1v) is 12.0. The van der Waals surface area contributed by atoms with Crippen molar-refractivity contribution in [3.8, 4) is 33.8 Å². The smallest absolute Gasteiger partial charge is 0.171 e. The lowest BCUT2D eigenvalue weighted by molar-refractivity contribution is 0.0936. The summed E-state index contributed by atoms with van der Waals surface area (Å²) in [5, 5.41) is 22.0. The Morgan fingerprint density at radius 1 is 0.727 bits per heavy atom. The van der Waals surface area contributed by atoms with Gasteiger partial charge in [0, 0.05) is 16.7 Å². The van der Waals surface area contributed by atoms with Gasteiger partial charge in [0.1, 0.15) is 11.5 Å². The van der Waals surface area contributed by atoms with E-state index in [9.17, 15) is 15.0 Å². The lowest BCUT2D eigenvalue weighted by Crippen LogP contribution is -2.25. The number of aryl methyl sites for hydroxylation is 2. The third-order valence-corrected chi connectivity index (χ3v) is 7.56. The first-order chi connectivity index (χ1) is 15.6. The van der Waals surface area contributed by atoms with Crippen LogP contribution in [0.5, 0.6) is 11.5 Å². The molecule has 0 saturated heterocycles. The van der Waals surface area contributed by atoms with Gasteiger partial charge in [0.2, 0.25) is 0 Å². The largest absolute Gasteiger partial charge is 0.507 e. The highest BCUT2D eigenvalue weighted by Crippen LogP contribution is 2.52. The molecule has 0 heterocycles. The monoisotopic (exact) mass is 440 g/mol. The van der Waals surface area contributed by atoms with Crippen molar-refractivity contribution < 1.29 is 15.0 Å².